The maximum atomic E-state index is 12.7. The van der Waals surface area contributed by atoms with Crippen LogP contribution in [0.1, 0.15) is 57.2 Å². The van der Waals surface area contributed by atoms with Gasteiger partial charge in [0.1, 0.15) is 6.61 Å². The SMILES string of the molecule is C=CN(C)C(CCCC)C(c1ccc(Cl)cc1/C=C/C(NC(=O)COC)C(=C)N(C)C=NC)N1CCN(C(=O)OC(C)C)CC1. The second kappa shape index (κ2) is 19.2. The monoisotopic (exact) mass is 644 g/mol. The number of methoxy groups -OCH3 is 1. The number of carbonyl (C=O) groups excluding carboxylic acids is 2. The zero-order chi connectivity index (χ0) is 33.5. The van der Waals surface area contributed by atoms with E-state index in [0.29, 0.717) is 36.9 Å². The largest absolute Gasteiger partial charge is 0.447 e. The van der Waals surface area contributed by atoms with Crippen molar-refractivity contribution in [2.24, 2.45) is 4.99 Å². The number of rotatable bonds is 17. The molecule has 2 amide bonds. The average Bonchev–Trinajstić information content (AvgIpc) is 3.01. The van der Waals surface area contributed by atoms with Crippen LogP contribution in [0.25, 0.3) is 6.08 Å². The van der Waals surface area contributed by atoms with Crippen LogP contribution in [0.15, 0.2) is 54.3 Å². The molecule has 1 aromatic rings. The molecule has 11 heteroatoms. The highest BCUT2D eigenvalue weighted by molar-refractivity contribution is 6.30. The Bertz CT molecular complexity index is 1180. The van der Waals surface area contributed by atoms with Gasteiger partial charge in [0.05, 0.1) is 24.5 Å². The molecular weight excluding hydrogens is 592 g/mol. The van der Waals surface area contributed by atoms with Gasteiger partial charge in [-0.2, -0.15) is 0 Å². The molecule has 10 nitrogen and oxygen atoms in total. The van der Waals surface area contributed by atoms with Gasteiger partial charge in [0.2, 0.25) is 5.91 Å². The Morgan fingerprint density at radius 3 is 2.47 bits per heavy atom. The third-order valence-electron chi connectivity index (χ3n) is 7.86. The summed E-state index contributed by atoms with van der Waals surface area (Å²) >= 11 is 6.59. The third kappa shape index (κ3) is 11.5. The second-order valence-corrected chi connectivity index (χ2v) is 12.0. The maximum Gasteiger partial charge on any atom is 0.410 e. The zero-order valence-electron chi connectivity index (χ0n) is 28.2. The quantitative estimate of drug-likeness (QED) is 0.179. The van der Waals surface area contributed by atoms with E-state index in [0.717, 1.165) is 30.4 Å². The van der Waals surface area contributed by atoms with Crippen molar-refractivity contribution in [3.63, 3.8) is 0 Å². The van der Waals surface area contributed by atoms with Crippen molar-refractivity contribution >= 4 is 36.0 Å². The molecule has 0 saturated carbocycles. The van der Waals surface area contributed by atoms with Crippen LogP contribution in [0, 0.1) is 0 Å². The minimum atomic E-state index is -0.525. The molecule has 1 aliphatic heterocycles. The van der Waals surface area contributed by atoms with Crippen LogP contribution in [0.5, 0.6) is 0 Å². The van der Waals surface area contributed by atoms with Crippen LogP contribution < -0.4 is 5.32 Å². The van der Waals surface area contributed by atoms with E-state index < -0.39 is 6.04 Å². The molecule has 1 aliphatic rings. The predicted molar refractivity (Wildman–Crippen MR) is 184 cm³/mol. The molecule has 2 rings (SSSR count). The molecule has 0 spiro atoms. The highest BCUT2D eigenvalue weighted by atomic mass is 35.5. The summed E-state index contributed by atoms with van der Waals surface area (Å²) in [5.74, 6) is -0.263. The molecule has 1 aromatic carbocycles. The molecule has 1 fully saturated rings. The van der Waals surface area contributed by atoms with E-state index in [1.165, 1.54) is 7.11 Å². The van der Waals surface area contributed by atoms with Crippen LogP contribution in [-0.2, 0) is 14.3 Å². The molecule has 1 heterocycles. The number of nitrogens with one attached hydrogen (secondary N) is 1. The number of likely N-dealkylation sites (N-methyl/N-ethyl adjacent to an activating group) is 2. The summed E-state index contributed by atoms with van der Waals surface area (Å²) in [6, 6.07) is 5.53. The number of benzene rings is 1. The highest BCUT2D eigenvalue weighted by Crippen LogP contribution is 2.35. The normalized spacial score (nSPS) is 16.1. The Morgan fingerprint density at radius 1 is 1.20 bits per heavy atom. The van der Waals surface area contributed by atoms with E-state index in [1.807, 2.05) is 51.4 Å². The molecule has 3 atom stereocenters. The first kappa shape index (κ1) is 37.8. The lowest BCUT2D eigenvalue weighted by Crippen LogP contribution is -2.53. The van der Waals surface area contributed by atoms with Gasteiger partial charge in [-0.1, -0.05) is 62.7 Å². The van der Waals surface area contributed by atoms with Crippen molar-refractivity contribution in [3.05, 3.63) is 65.5 Å². The summed E-state index contributed by atoms with van der Waals surface area (Å²) in [4.78, 5) is 37.5. The summed E-state index contributed by atoms with van der Waals surface area (Å²) in [7, 11) is 7.06. The van der Waals surface area contributed by atoms with Crippen LogP contribution in [0.4, 0.5) is 4.79 Å². The minimum absolute atomic E-state index is 0.0284. The van der Waals surface area contributed by atoms with E-state index in [2.05, 4.69) is 53.3 Å². The molecule has 0 aromatic heterocycles. The minimum Gasteiger partial charge on any atom is -0.447 e. The lowest BCUT2D eigenvalue weighted by atomic mass is 9.88. The molecule has 1 N–H and O–H groups in total. The van der Waals surface area contributed by atoms with Crippen LogP contribution in [-0.4, -0.2) is 117 Å². The Labute approximate surface area is 275 Å². The van der Waals surface area contributed by atoms with Gasteiger partial charge in [-0.05, 0) is 49.7 Å². The Balaban J connectivity index is 2.59. The number of nitrogens with zero attached hydrogens (tertiary/aromatic N) is 5. The van der Waals surface area contributed by atoms with Crippen molar-refractivity contribution in [1.29, 1.82) is 0 Å². The fourth-order valence-electron chi connectivity index (χ4n) is 5.45. The molecule has 1 saturated heterocycles. The summed E-state index contributed by atoms with van der Waals surface area (Å²) in [5.41, 5.74) is 2.66. The van der Waals surface area contributed by atoms with Gasteiger partial charge in [-0.15, -0.1) is 0 Å². The number of unbranched alkanes of at least 4 members (excludes halogenated alkanes) is 1. The van der Waals surface area contributed by atoms with E-state index in [9.17, 15) is 9.59 Å². The first-order chi connectivity index (χ1) is 21.5. The molecule has 0 bridgehead atoms. The van der Waals surface area contributed by atoms with E-state index in [-0.39, 0.29) is 36.8 Å². The van der Waals surface area contributed by atoms with Crippen molar-refractivity contribution in [2.45, 2.75) is 64.3 Å². The fraction of sp³-hybridized carbons (Fsp3) is 0.559. The molecule has 250 valence electrons. The van der Waals surface area contributed by atoms with Gasteiger partial charge in [0.25, 0.3) is 0 Å². The van der Waals surface area contributed by atoms with E-state index in [1.54, 1.807) is 23.2 Å². The third-order valence-corrected chi connectivity index (χ3v) is 8.09. The highest BCUT2D eigenvalue weighted by Gasteiger charge is 2.35. The Hall–Kier alpha value is -3.34. The van der Waals surface area contributed by atoms with Crippen LogP contribution >= 0.6 is 11.6 Å². The zero-order valence-corrected chi connectivity index (χ0v) is 28.9. The first-order valence-electron chi connectivity index (χ1n) is 15.6. The van der Waals surface area contributed by atoms with Crippen molar-refractivity contribution < 1.29 is 19.1 Å². The molecule has 0 aliphatic carbocycles. The smallest absolute Gasteiger partial charge is 0.410 e. The molecule has 0 radical (unpaired) electrons. The number of piperazine rings is 1. The number of aliphatic imine (C=N–C) groups is 1. The fourth-order valence-corrected chi connectivity index (χ4v) is 5.63. The van der Waals surface area contributed by atoms with E-state index >= 15 is 0 Å². The van der Waals surface area contributed by atoms with Crippen LogP contribution in [0.3, 0.4) is 0 Å². The standard InChI is InChI=1S/C34H53ClN6O4/c1-10-12-13-31(38(7)11-2)33(40-18-20-41(21-19-40)34(43)45-25(3)4)29-16-15-28(35)22-27(29)14-17-30(37-32(42)23-44-9)26(5)39(8)24-36-6/h11,14-17,22,24-25,30-31,33H,2,5,10,12-13,18-21,23H2,1,3-4,6-9H3,(H,37,42)/b17-14+,36-24?. The van der Waals surface area contributed by atoms with Crippen molar-refractivity contribution in [1.82, 2.24) is 24.9 Å². The maximum absolute atomic E-state index is 12.7. The first-order valence-corrected chi connectivity index (χ1v) is 16.0. The lowest BCUT2D eigenvalue weighted by molar-refractivity contribution is -0.125. The molecule has 45 heavy (non-hydrogen) atoms. The number of ether oxygens (including phenoxy) is 2. The van der Waals surface area contributed by atoms with Gasteiger partial charge in [-0.3, -0.25) is 14.7 Å². The summed E-state index contributed by atoms with van der Waals surface area (Å²) in [5, 5.41) is 3.60. The van der Waals surface area contributed by atoms with Gasteiger partial charge in [0, 0.05) is 71.2 Å². The number of hydrogen-bond donors (Lipinski definition) is 1. The Kier molecular flexibility index (Phi) is 16.2. The molecular formula is C34H53ClN6O4. The number of hydrogen-bond acceptors (Lipinski definition) is 7. The average molecular weight is 645 g/mol. The molecule has 3 unspecified atom stereocenters. The van der Waals surface area contributed by atoms with Gasteiger partial charge in [0.15, 0.2) is 0 Å². The number of carbonyl (C=O) groups is 2. The van der Waals surface area contributed by atoms with Gasteiger partial charge in [-0.25, -0.2) is 4.79 Å². The lowest BCUT2D eigenvalue weighted by Gasteiger charge is -2.45. The Morgan fingerprint density at radius 2 is 1.89 bits per heavy atom. The summed E-state index contributed by atoms with van der Waals surface area (Å²) < 4.78 is 10.5. The number of amides is 2. The summed E-state index contributed by atoms with van der Waals surface area (Å²) in [6.07, 6.45) is 10.1. The van der Waals surface area contributed by atoms with Crippen LogP contribution in [0.2, 0.25) is 5.02 Å². The number of halogens is 1. The van der Waals surface area contributed by atoms with Gasteiger partial charge >= 0.3 is 6.09 Å². The second-order valence-electron chi connectivity index (χ2n) is 11.5. The van der Waals surface area contributed by atoms with E-state index in [4.69, 9.17) is 21.1 Å². The van der Waals surface area contributed by atoms with Crippen molar-refractivity contribution in [3.8, 4) is 0 Å². The van der Waals surface area contributed by atoms with Gasteiger partial charge < -0.3 is 29.5 Å². The topological polar surface area (TPSA) is 90.0 Å². The predicted octanol–water partition coefficient (Wildman–Crippen LogP) is 5.43. The summed E-state index contributed by atoms with van der Waals surface area (Å²) in [6.45, 7) is 16.7. The van der Waals surface area contributed by atoms with Crippen molar-refractivity contribution in [2.75, 3.05) is 61.0 Å².